The average Bonchev–Trinajstić information content (AvgIpc) is 2.39. The molecule has 1 aromatic rings. The van der Waals surface area contributed by atoms with Crippen LogP contribution < -0.4 is 5.32 Å². The zero-order valence-corrected chi connectivity index (χ0v) is 10.4. The number of aliphatic hydroxyl groups is 1. The van der Waals surface area contributed by atoms with E-state index in [-0.39, 0.29) is 0 Å². The summed E-state index contributed by atoms with van der Waals surface area (Å²) in [5.74, 6) is 0. The zero-order chi connectivity index (χ0) is 12.1. The van der Waals surface area contributed by atoms with E-state index in [1.165, 1.54) is 0 Å². The summed E-state index contributed by atoms with van der Waals surface area (Å²) in [6.07, 6.45) is 2.07. The van der Waals surface area contributed by atoms with Crippen molar-refractivity contribution in [2.75, 3.05) is 19.8 Å². The molecule has 0 saturated carbocycles. The molecule has 1 aliphatic rings. The monoisotopic (exact) mass is 235 g/mol. The largest absolute Gasteiger partial charge is 0.384 e. The van der Waals surface area contributed by atoms with Crippen molar-refractivity contribution in [3.05, 3.63) is 35.9 Å². The van der Waals surface area contributed by atoms with Gasteiger partial charge in [0.25, 0.3) is 0 Å². The predicted molar refractivity (Wildman–Crippen MR) is 67.9 cm³/mol. The van der Waals surface area contributed by atoms with Gasteiger partial charge in [-0.3, -0.25) is 0 Å². The smallest absolute Gasteiger partial charge is 0.0992 e. The van der Waals surface area contributed by atoms with Gasteiger partial charge < -0.3 is 15.2 Å². The number of rotatable bonds is 4. The highest BCUT2D eigenvalue weighted by Crippen LogP contribution is 2.19. The molecule has 0 bridgehead atoms. The first-order valence-corrected chi connectivity index (χ1v) is 6.27. The molecule has 1 atom stereocenters. The van der Waals surface area contributed by atoms with Crippen LogP contribution >= 0.6 is 0 Å². The van der Waals surface area contributed by atoms with Crippen molar-refractivity contribution in [3.8, 4) is 0 Å². The molecule has 3 nitrogen and oxygen atoms in total. The first kappa shape index (κ1) is 12.6. The van der Waals surface area contributed by atoms with Gasteiger partial charge in [-0.1, -0.05) is 30.3 Å². The number of hydrogen-bond donors (Lipinski definition) is 2. The normalized spacial score (nSPS) is 21.1. The van der Waals surface area contributed by atoms with E-state index >= 15 is 0 Å². The lowest BCUT2D eigenvalue weighted by molar-refractivity contribution is 0.0383. The Balaban J connectivity index is 1.88. The first-order valence-electron chi connectivity index (χ1n) is 6.27. The molecule has 0 aliphatic carbocycles. The van der Waals surface area contributed by atoms with Crippen molar-refractivity contribution in [2.45, 2.75) is 31.4 Å². The van der Waals surface area contributed by atoms with Crippen LogP contribution in [0.25, 0.3) is 0 Å². The fraction of sp³-hybridized carbons (Fsp3) is 0.571. The molecule has 1 aliphatic heterocycles. The Kier molecular flexibility index (Phi) is 4.15. The number of nitrogens with one attached hydrogen (secondary N) is 1. The van der Waals surface area contributed by atoms with Crippen LogP contribution in [-0.4, -0.2) is 30.9 Å². The summed E-state index contributed by atoms with van der Waals surface area (Å²) >= 11 is 0. The van der Waals surface area contributed by atoms with E-state index in [1.54, 1.807) is 0 Å². The minimum Gasteiger partial charge on any atom is -0.384 e. The maximum Gasteiger partial charge on any atom is 0.0992 e. The second kappa shape index (κ2) is 5.63. The molecule has 1 heterocycles. The predicted octanol–water partition coefficient (Wildman–Crippen LogP) is 1.66. The molecule has 1 fully saturated rings. The van der Waals surface area contributed by atoms with E-state index in [4.69, 9.17) is 4.74 Å². The van der Waals surface area contributed by atoms with Gasteiger partial charge in [0.1, 0.15) is 0 Å². The van der Waals surface area contributed by atoms with Crippen molar-refractivity contribution in [2.24, 2.45) is 0 Å². The van der Waals surface area contributed by atoms with Crippen LogP contribution in [0.3, 0.4) is 0 Å². The van der Waals surface area contributed by atoms with Gasteiger partial charge in [0.05, 0.1) is 5.60 Å². The Morgan fingerprint density at radius 3 is 2.59 bits per heavy atom. The van der Waals surface area contributed by atoms with E-state index in [0.717, 1.165) is 31.6 Å². The van der Waals surface area contributed by atoms with Crippen molar-refractivity contribution in [1.29, 1.82) is 0 Å². The average molecular weight is 235 g/mol. The van der Waals surface area contributed by atoms with Gasteiger partial charge in [-0.25, -0.2) is 0 Å². The zero-order valence-electron chi connectivity index (χ0n) is 10.4. The highest BCUT2D eigenvalue weighted by atomic mass is 16.5. The second-order valence-corrected chi connectivity index (χ2v) is 4.91. The maximum atomic E-state index is 10.4. The van der Waals surface area contributed by atoms with E-state index < -0.39 is 5.60 Å². The summed E-state index contributed by atoms with van der Waals surface area (Å²) in [7, 11) is 0. The van der Waals surface area contributed by atoms with E-state index in [2.05, 4.69) is 5.32 Å². The van der Waals surface area contributed by atoms with Gasteiger partial charge in [0, 0.05) is 25.8 Å². The molecular formula is C14H21NO2. The number of ether oxygens (including phenoxy) is 1. The molecule has 2 rings (SSSR count). The van der Waals surface area contributed by atoms with E-state index in [0.29, 0.717) is 12.6 Å². The lowest BCUT2D eigenvalue weighted by Crippen LogP contribution is -2.43. The van der Waals surface area contributed by atoms with Gasteiger partial charge in [-0.2, -0.15) is 0 Å². The summed E-state index contributed by atoms with van der Waals surface area (Å²) < 4.78 is 5.31. The second-order valence-electron chi connectivity index (χ2n) is 4.91. The summed E-state index contributed by atoms with van der Waals surface area (Å²) in [5, 5.41) is 13.9. The molecule has 2 N–H and O–H groups in total. The van der Waals surface area contributed by atoms with Crippen molar-refractivity contribution in [1.82, 2.24) is 5.32 Å². The van der Waals surface area contributed by atoms with Crippen molar-refractivity contribution >= 4 is 0 Å². The SMILES string of the molecule is CC(O)(CNC1CCOCC1)c1ccccc1. The molecule has 1 unspecified atom stereocenters. The number of hydrogen-bond acceptors (Lipinski definition) is 3. The summed E-state index contributed by atoms with van der Waals surface area (Å²) in [6.45, 7) is 4.09. The third-order valence-electron chi connectivity index (χ3n) is 3.35. The quantitative estimate of drug-likeness (QED) is 0.834. The Morgan fingerprint density at radius 2 is 1.94 bits per heavy atom. The van der Waals surface area contributed by atoms with Gasteiger partial charge >= 0.3 is 0 Å². The first-order chi connectivity index (χ1) is 8.18. The van der Waals surface area contributed by atoms with Crippen molar-refractivity contribution < 1.29 is 9.84 Å². The number of benzene rings is 1. The van der Waals surface area contributed by atoms with Crippen LogP contribution in [0.5, 0.6) is 0 Å². The summed E-state index contributed by atoms with van der Waals surface area (Å²) in [4.78, 5) is 0. The van der Waals surface area contributed by atoms with Crippen LogP contribution in [0.4, 0.5) is 0 Å². The highest BCUT2D eigenvalue weighted by molar-refractivity contribution is 5.21. The van der Waals surface area contributed by atoms with Crippen LogP contribution in [0, 0.1) is 0 Å². The third-order valence-corrected chi connectivity index (χ3v) is 3.35. The summed E-state index contributed by atoms with van der Waals surface area (Å²) in [6, 6.07) is 10.3. The molecule has 94 valence electrons. The van der Waals surface area contributed by atoms with Gasteiger partial charge in [-0.15, -0.1) is 0 Å². The minimum absolute atomic E-state index is 0.471. The molecule has 1 saturated heterocycles. The van der Waals surface area contributed by atoms with Gasteiger partial charge in [-0.05, 0) is 25.3 Å². The van der Waals surface area contributed by atoms with Crippen LogP contribution in [0.1, 0.15) is 25.3 Å². The third kappa shape index (κ3) is 3.53. The fourth-order valence-electron chi connectivity index (χ4n) is 2.14. The molecule has 0 aromatic heterocycles. The minimum atomic E-state index is -0.806. The van der Waals surface area contributed by atoms with Crippen LogP contribution in [0.15, 0.2) is 30.3 Å². The Morgan fingerprint density at radius 1 is 1.29 bits per heavy atom. The molecule has 0 radical (unpaired) electrons. The Hall–Kier alpha value is -0.900. The lowest BCUT2D eigenvalue weighted by Gasteiger charge is -2.29. The standard InChI is InChI=1S/C14H21NO2/c1-14(16,12-5-3-2-4-6-12)11-15-13-7-9-17-10-8-13/h2-6,13,15-16H,7-11H2,1H3. The highest BCUT2D eigenvalue weighted by Gasteiger charge is 2.24. The van der Waals surface area contributed by atoms with Crippen LogP contribution in [0.2, 0.25) is 0 Å². The van der Waals surface area contributed by atoms with Gasteiger partial charge in [0.15, 0.2) is 0 Å². The molecule has 17 heavy (non-hydrogen) atoms. The topological polar surface area (TPSA) is 41.5 Å². The summed E-state index contributed by atoms with van der Waals surface area (Å²) in [5.41, 5.74) is 0.152. The lowest BCUT2D eigenvalue weighted by atomic mass is 9.95. The molecule has 1 aromatic carbocycles. The molecule has 0 amide bonds. The van der Waals surface area contributed by atoms with Gasteiger partial charge in [0.2, 0.25) is 0 Å². The van der Waals surface area contributed by atoms with E-state index in [1.807, 2.05) is 37.3 Å². The molecular weight excluding hydrogens is 214 g/mol. The fourth-order valence-corrected chi connectivity index (χ4v) is 2.14. The van der Waals surface area contributed by atoms with E-state index in [9.17, 15) is 5.11 Å². The molecule has 3 heteroatoms. The Bertz CT molecular complexity index is 331. The Labute approximate surface area is 103 Å². The maximum absolute atomic E-state index is 10.4. The van der Waals surface area contributed by atoms with Crippen LogP contribution in [-0.2, 0) is 10.3 Å². The van der Waals surface area contributed by atoms with Crippen molar-refractivity contribution in [3.63, 3.8) is 0 Å². The molecule has 0 spiro atoms.